The second kappa shape index (κ2) is 5.64. The number of thiophene rings is 1. The average molecular weight is 407 g/mol. The largest absolute Gasteiger partial charge is 0.495 e. The van der Waals surface area contributed by atoms with Crippen LogP contribution in [0.4, 0.5) is 0 Å². The number of carbonyl (C=O) groups is 1. The summed E-state index contributed by atoms with van der Waals surface area (Å²) in [4.78, 5) is 11.6. The fourth-order valence-corrected chi connectivity index (χ4v) is 3.92. The summed E-state index contributed by atoms with van der Waals surface area (Å²) < 4.78 is 13.5. The Morgan fingerprint density at radius 3 is 3.00 bits per heavy atom. The highest BCUT2D eigenvalue weighted by Gasteiger charge is 2.31. The number of ether oxygens (including phenoxy) is 2. The van der Waals surface area contributed by atoms with E-state index in [9.17, 15) is 9.90 Å². The molecule has 8 heteroatoms. The second-order valence-electron chi connectivity index (χ2n) is 5.12. The SMILES string of the molecule is COc1cc2c(cc1Br)-c1c(c(C(=O)O)nn1-c1cccs1)CO2. The lowest BCUT2D eigenvalue weighted by molar-refractivity contribution is 0.0687. The van der Waals surface area contributed by atoms with Gasteiger partial charge in [0, 0.05) is 11.6 Å². The molecule has 0 atom stereocenters. The van der Waals surface area contributed by atoms with Crippen molar-refractivity contribution in [2.24, 2.45) is 0 Å². The van der Waals surface area contributed by atoms with Crippen molar-refractivity contribution in [2.75, 3.05) is 7.11 Å². The summed E-state index contributed by atoms with van der Waals surface area (Å²) in [5.74, 6) is 0.219. The van der Waals surface area contributed by atoms with Gasteiger partial charge in [-0.1, -0.05) is 0 Å². The van der Waals surface area contributed by atoms with E-state index in [1.807, 2.05) is 23.6 Å². The van der Waals surface area contributed by atoms with Crippen molar-refractivity contribution >= 4 is 33.2 Å². The van der Waals surface area contributed by atoms with E-state index in [4.69, 9.17) is 9.47 Å². The highest BCUT2D eigenvalue weighted by atomic mass is 79.9. The first-order chi connectivity index (χ1) is 11.6. The number of halogens is 1. The van der Waals surface area contributed by atoms with Gasteiger partial charge in [0.05, 0.1) is 22.8 Å². The lowest BCUT2D eigenvalue weighted by Gasteiger charge is -2.20. The van der Waals surface area contributed by atoms with Crippen LogP contribution < -0.4 is 9.47 Å². The minimum absolute atomic E-state index is 0.0102. The molecule has 0 saturated carbocycles. The zero-order valence-corrected chi connectivity index (χ0v) is 14.8. The van der Waals surface area contributed by atoms with Crippen molar-refractivity contribution in [1.82, 2.24) is 9.78 Å². The molecule has 0 amide bonds. The molecule has 1 N–H and O–H groups in total. The summed E-state index contributed by atoms with van der Waals surface area (Å²) >= 11 is 4.96. The Hall–Kier alpha value is -2.32. The minimum Gasteiger partial charge on any atom is -0.495 e. The van der Waals surface area contributed by atoms with Crippen molar-refractivity contribution < 1.29 is 19.4 Å². The summed E-state index contributed by atoms with van der Waals surface area (Å²) in [6.45, 7) is 0.153. The predicted molar refractivity (Wildman–Crippen MR) is 92.4 cm³/mol. The molecule has 0 bridgehead atoms. The smallest absolute Gasteiger partial charge is 0.356 e. The highest BCUT2D eigenvalue weighted by Crippen LogP contribution is 2.44. The number of aromatic nitrogens is 2. The van der Waals surface area contributed by atoms with Gasteiger partial charge in [-0.25, -0.2) is 9.48 Å². The number of hydrogen-bond acceptors (Lipinski definition) is 5. The van der Waals surface area contributed by atoms with Crippen LogP contribution in [0.25, 0.3) is 16.3 Å². The molecule has 0 aliphatic carbocycles. The molecular weight excluding hydrogens is 396 g/mol. The topological polar surface area (TPSA) is 73.6 Å². The van der Waals surface area contributed by atoms with E-state index in [2.05, 4.69) is 21.0 Å². The Balaban J connectivity index is 2.02. The van der Waals surface area contributed by atoms with Gasteiger partial charge in [-0.2, -0.15) is 5.10 Å². The maximum absolute atomic E-state index is 11.6. The van der Waals surface area contributed by atoms with E-state index in [1.165, 1.54) is 11.3 Å². The van der Waals surface area contributed by atoms with Gasteiger partial charge in [-0.05, 0) is 39.5 Å². The molecular formula is C16H11BrN2O4S. The van der Waals surface area contributed by atoms with E-state index in [-0.39, 0.29) is 12.3 Å². The lowest BCUT2D eigenvalue weighted by atomic mass is 10.0. The fourth-order valence-electron chi connectivity index (χ4n) is 2.73. The number of hydrogen-bond donors (Lipinski definition) is 1. The van der Waals surface area contributed by atoms with Crippen molar-refractivity contribution in [1.29, 1.82) is 0 Å². The van der Waals surface area contributed by atoms with Crippen LogP contribution in [0.1, 0.15) is 16.1 Å². The Kier molecular flexibility index (Phi) is 3.58. The predicted octanol–water partition coefficient (Wildman–Crippen LogP) is 3.96. The van der Waals surface area contributed by atoms with Crippen LogP contribution in [-0.4, -0.2) is 28.0 Å². The molecule has 4 rings (SSSR count). The molecule has 6 nitrogen and oxygen atoms in total. The van der Waals surface area contributed by atoms with Crippen molar-refractivity contribution in [3.63, 3.8) is 0 Å². The molecule has 1 aromatic carbocycles. The number of fused-ring (bicyclic) bond motifs is 3. The van der Waals surface area contributed by atoms with Gasteiger partial charge >= 0.3 is 5.97 Å². The zero-order valence-electron chi connectivity index (χ0n) is 12.4. The van der Waals surface area contributed by atoms with Crippen LogP contribution >= 0.6 is 27.3 Å². The number of methoxy groups -OCH3 is 1. The summed E-state index contributed by atoms with van der Waals surface area (Å²) in [5, 5.41) is 16.6. The number of nitrogens with zero attached hydrogens (tertiary/aromatic N) is 2. The second-order valence-corrected chi connectivity index (χ2v) is 6.90. The van der Waals surface area contributed by atoms with Gasteiger partial charge in [0.15, 0.2) is 5.69 Å². The van der Waals surface area contributed by atoms with Gasteiger partial charge < -0.3 is 14.6 Å². The molecule has 3 heterocycles. The average Bonchev–Trinajstić information content (AvgIpc) is 3.21. The number of rotatable bonds is 3. The number of carboxylic acids is 1. The molecule has 0 radical (unpaired) electrons. The first-order valence-electron chi connectivity index (χ1n) is 7.00. The quantitative estimate of drug-likeness (QED) is 0.712. The van der Waals surface area contributed by atoms with Crippen LogP contribution in [0, 0.1) is 0 Å². The monoisotopic (exact) mass is 406 g/mol. The molecule has 3 aromatic rings. The Morgan fingerprint density at radius 2 is 2.33 bits per heavy atom. The van der Waals surface area contributed by atoms with Gasteiger partial charge in [0.25, 0.3) is 0 Å². The van der Waals surface area contributed by atoms with Gasteiger partial charge in [0.2, 0.25) is 0 Å². The fraction of sp³-hybridized carbons (Fsp3) is 0.125. The normalized spacial score (nSPS) is 12.2. The number of carboxylic acid groups (broad SMARTS) is 1. The van der Waals surface area contributed by atoms with E-state index in [0.29, 0.717) is 17.1 Å². The summed E-state index contributed by atoms with van der Waals surface area (Å²) in [5.41, 5.74) is 2.09. The minimum atomic E-state index is -1.07. The molecule has 0 saturated heterocycles. The Labute approximate surface area is 149 Å². The number of aromatic carboxylic acids is 1. The van der Waals surface area contributed by atoms with Gasteiger partial charge in [-0.15, -0.1) is 11.3 Å². The van der Waals surface area contributed by atoms with E-state index < -0.39 is 5.97 Å². The first-order valence-corrected chi connectivity index (χ1v) is 8.67. The molecule has 2 aromatic heterocycles. The van der Waals surface area contributed by atoms with Gasteiger partial charge in [-0.3, -0.25) is 0 Å². The van der Waals surface area contributed by atoms with Crippen molar-refractivity contribution in [3.05, 3.63) is 45.4 Å². The molecule has 24 heavy (non-hydrogen) atoms. The molecule has 0 unspecified atom stereocenters. The van der Waals surface area contributed by atoms with E-state index in [0.717, 1.165) is 20.7 Å². The molecule has 0 spiro atoms. The van der Waals surface area contributed by atoms with Crippen molar-refractivity contribution in [3.8, 4) is 27.8 Å². The summed E-state index contributed by atoms with van der Waals surface area (Å²) in [7, 11) is 1.58. The number of benzene rings is 1. The lowest BCUT2D eigenvalue weighted by Crippen LogP contribution is -2.09. The van der Waals surface area contributed by atoms with Crippen molar-refractivity contribution in [2.45, 2.75) is 6.61 Å². The Bertz CT molecular complexity index is 950. The third-order valence-electron chi connectivity index (χ3n) is 3.78. The third kappa shape index (κ3) is 2.22. The van der Waals surface area contributed by atoms with E-state index >= 15 is 0 Å². The third-order valence-corrected chi connectivity index (χ3v) is 5.25. The summed E-state index contributed by atoms with van der Waals surface area (Å²) in [6, 6.07) is 7.45. The highest BCUT2D eigenvalue weighted by molar-refractivity contribution is 9.10. The maximum Gasteiger partial charge on any atom is 0.356 e. The molecule has 1 aliphatic heterocycles. The van der Waals surface area contributed by atoms with Crippen LogP contribution in [-0.2, 0) is 6.61 Å². The van der Waals surface area contributed by atoms with Crippen LogP contribution in [0.5, 0.6) is 11.5 Å². The zero-order chi connectivity index (χ0) is 16.8. The maximum atomic E-state index is 11.6. The van der Waals surface area contributed by atoms with E-state index in [1.54, 1.807) is 17.9 Å². The first kappa shape index (κ1) is 15.2. The van der Waals surface area contributed by atoms with Crippen LogP contribution in [0.2, 0.25) is 0 Å². The molecule has 122 valence electrons. The van der Waals surface area contributed by atoms with Gasteiger partial charge in [0.1, 0.15) is 23.1 Å². The van der Waals surface area contributed by atoms with Crippen LogP contribution in [0.3, 0.4) is 0 Å². The summed E-state index contributed by atoms with van der Waals surface area (Å²) in [6.07, 6.45) is 0. The molecule has 0 fully saturated rings. The Morgan fingerprint density at radius 1 is 1.50 bits per heavy atom. The standard InChI is InChI=1S/C16H11BrN2O4S/c1-22-12-6-11-8(5-10(12)17)15-9(7-23-11)14(16(20)21)18-19(15)13-3-2-4-24-13/h2-6H,7H2,1H3,(H,20,21). The van der Waals surface area contributed by atoms with Crippen LogP contribution in [0.15, 0.2) is 34.1 Å². The molecule has 1 aliphatic rings.